The summed E-state index contributed by atoms with van der Waals surface area (Å²) in [4.78, 5) is 12.4. The molecule has 4 nitrogen and oxygen atoms in total. The predicted octanol–water partition coefficient (Wildman–Crippen LogP) is 3.36. The molecule has 1 amide bonds. The van der Waals surface area contributed by atoms with Crippen molar-refractivity contribution in [3.8, 4) is 0 Å². The van der Waals surface area contributed by atoms with Gasteiger partial charge in [0.2, 0.25) is 5.91 Å². The fourth-order valence-electron chi connectivity index (χ4n) is 2.64. The molecule has 0 fully saturated rings. The average Bonchev–Trinajstić information content (AvgIpc) is 2.89. The zero-order valence-electron chi connectivity index (χ0n) is 13.1. The van der Waals surface area contributed by atoms with Gasteiger partial charge in [0.15, 0.2) is 0 Å². The second kappa shape index (κ2) is 6.20. The van der Waals surface area contributed by atoms with Gasteiger partial charge < -0.3 is 5.32 Å². The quantitative estimate of drug-likeness (QED) is 0.803. The second-order valence-corrected chi connectivity index (χ2v) is 5.57. The highest BCUT2D eigenvalue weighted by atomic mass is 19.1. The topological polar surface area (TPSA) is 46.9 Å². The van der Waals surface area contributed by atoms with Crippen molar-refractivity contribution in [3.05, 3.63) is 65.6 Å². The first-order chi connectivity index (χ1) is 11.1. The highest BCUT2D eigenvalue weighted by Gasteiger charge is 2.18. The van der Waals surface area contributed by atoms with E-state index in [0.717, 1.165) is 22.2 Å². The van der Waals surface area contributed by atoms with Crippen LogP contribution < -0.4 is 5.32 Å². The molecule has 0 saturated carbocycles. The third-order valence-corrected chi connectivity index (χ3v) is 3.90. The van der Waals surface area contributed by atoms with Crippen LogP contribution in [-0.4, -0.2) is 15.7 Å². The molecule has 1 aromatic heterocycles. The summed E-state index contributed by atoms with van der Waals surface area (Å²) in [5.41, 5.74) is 2.55. The van der Waals surface area contributed by atoms with Crippen LogP contribution in [-0.2, 0) is 11.3 Å². The third kappa shape index (κ3) is 3.08. The van der Waals surface area contributed by atoms with Gasteiger partial charge in [-0.3, -0.25) is 9.48 Å². The van der Waals surface area contributed by atoms with Crippen LogP contribution in [0.2, 0.25) is 0 Å². The van der Waals surface area contributed by atoms with E-state index in [1.807, 2.05) is 31.2 Å². The van der Waals surface area contributed by atoms with Gasteiger partial charge in [-0.05, 0) is 37.6 Å². The molecule has 1 atom stereocenters. The van der Waals surface area contributed by atoms with Crippen LogP contribution in [0.5, 0.6) is 0 Å². The number of aromatic nitrogens is 2. The van der Waals surface area contributed by atoms with Gasteiger partial charge in [-0.2, -0.15) is 5.10 Å². The molecule has 0 aliphatic rings. The number of nitrogens with one attached hydrogen (secondary N) is 1. The van der Waals surface area contributed by atoms with Gasteiger partial charge >= 0.3 is 0 Å². The Morgan fingerprint density at radius 3 is 2.83 bits per heavy atom. The van der Waals surface area contributed by atoms with Crippen molar-refractivity contribution in [2.45, 2.75) is 26.4 Å². The highest BCUT2D eigenvalue weighted by molar-refractivity contribution is 5.86. The molecular weight excluding hydrogens is 293 g/mol. The van der Waals surface area contributed by atoms with Crippen molar-refractivity contribution in [2.75, 3.05) is 0 Å². The number of fused-ring (bicyclic) bond motifs is 1. The molecule has 118 valence electrons. The van der Waals surface area contributed by atoms with E-state index in [9.17, 15) is 9.18 Å². The van der Waals surface area contributed by atoms with E-state index in [-0.39, 0.29) is 11.7 Å². The van der Waals surface area contributed by atoms with Crippen LogP contribution in [0.25, 0.3) is 10.9 Å². The molecule has 1 unspecified atom stereocenters. The number of carbonyl (C=O) groups excluding carboxylic acids is 1. The van der Waals surface area contributed by atoms with Gasteiger partial charge in [0, 0.05) is 11.9 Å². The van der Waals surface area contributed by atoms with Crippen LogP contribution in [0, 0.1) is 12.7 Å². The van der Waals surface area contributed by atoms with Crippen molar-refractivity contribution < 1.29 is 9.18 Å². The van der Waals surface area contributed by atoms with Gasteiger partial charge in [0.05, 0.1) is 11.2 Å². The zero-order valence-corrected chi connectivity index (χ0v) is 13.1. The van der Waals surface area contributed by atoms with Crippen LogP contribution in [0.1, 0.15) is 24.2 Å². The summed E-state index contributed by atoms with van der Waals surface area (Å²) >= 11 is 0. The number of aryl methyl sites for hydroxylation is 1. The Kier molecular flexibility index (Phi) is 4.10. The van der Waals surface area contributed by atoms with Crippen LogP contribution in [0.4, 0.5) is 4.39 Å². The number of hydrogen-bond acceptors (Lipinski definition) is 2. The van der Waals surface area contributed by atoms with E-state index in [4.69, 9.17) is 0 Å². The number of benzene rings is 2. The number of halogens is 1. The minimum Gasteiger partial charge on any atom is -0.350 e. The van der Waals surface area contributed by atoms with Crippen molar-refractivity contribution in [2.24, 2.45) is 0 Å². The Morgan fingerprint density at radius 1 is 1.26 bits per heavy atom. The van der Waals surface area contributed by atoms with E-state index >= 15 is 0 Å². The predicted molar refractivity (Wildman–Crippen MR) is 87.4 cm³/mol. The maximum atomic E-state index is 13.2. The Labute approximate surface area is 133 Å². The Balaban J connectivity index is 1.76. The fourth-order valence-corrected chi connectivity index (χ4v) is 2.64. The summed E-state index contributed by atoms with van der Waals surface area (Å²) < 4.78 is 14.9. The summed E-state index contributed by atoms with van der Waals surface area (Å²) in [6.07, 6.45) is 0. The maximum Gasteiger partial charge on any atom is 0.244 e. The first-order valence-electron chi connectivity index (χ1n) is 7.52. The van der Waals surface area contributed by atoms with Gasteiger partial charge in [-0.25, -0.2) is 4.39 Å². The minimum absolute atomic E-state index is 0.150. The molecule has 0 aliphatic heterocycles. The molecule has 0 bridgehead atoms. The molecule has 3 aromatic rings. The van der Waals surface area contributed by atoms with Crippen molar-refractivity contribution in [1.82, 2.24) is 15.1 Å². The number of nitrogens with zero attached hydrogens (tertiary/aromatic N) is 2. The molecular formula is C18H18FN3O. The first-order valence-corrected chi connectivity index (χ1v) is 7.52. The summed E-state index contributed by atoms with van der Waals surface area (Å²) in [6, 6.07) is 13.6. The van der Waals surface area contributed by atoms with Gasteiger partial charge in [0.25, 0.3) is 0 Å². The Morgan fingerprint density at radius 2 is 2.04 bits per heavy atom. The van der Waals surface area contributed by atoms with Crippen LogP contribution in [0.3, 0.4) is 0 Å². The number of carbonyl (C=O) groups is 1. The smallest absolute Gasteiger partial charge is 0.244 e. The maximum absolute atomic E-state index is 13.2. The van der Waals surface area contributed by atoms with Crippen molar-refractivity contribution in [3.63, 3.8) is 0 Å². The molecule has 2 aromatic carbocycles. The fraction of sp³-hybridized carbons (Fsp3) is 0.222. The highest BCUT2D eigenvalue weighted by Crippen LogP contribution is 2.21. The molecule has 0 radical (unpaired) electrons. The van der Waals surface area contributed by atoms with E-state index in [1.54, 1.807) is 23.7 Å². The van der Waals surface area contributed by atoms with Crippen LogP contribution >= 0.6 is 0 Å². The third-order valence-electron chi connectivity index (χ3n) is 3.90. The summed E-state index contributed by atoms with van der Waals surface area (Å²) in [6.45, 7) is 4.02. The molecule has 0 saturated heterocycles. The lowest BCUT2D eigenvalue weighted by Gasteiger charge is -2.14. The van der Waals surface area contributed by atoms with Crippen molar-refractivity contribution in [1.29, 1.82) is 0 Å². The van der Waals surface area contributed by atoms with E-state index in [1.165, 1.54) is 12.1 Å². The van der Waals surface area contributed by atoms with Gasteiger partial charge in [-0.1, -0.05) is 30.3 Å². The van der Waals surface area contributed by atoms with Gasteiger partial charge in [-0.15, -0.1) is 0 Å². The van der Waals surface area contributed by atoms with E-state index in [2.05, 4.69) is 10.4 Å². The number of hydrogen-bond donors (Lipinski definition) is 1. The minimum atomic E-state index is -0.442. The number of para-hydroxylation sites is 1. The molecule has 3 rings (SSSR count). The van der Waals surface area contributed by atoms with E-state index < -0.39 is 6.04 Å². The van der Waals surface area contributed by atoms with E-state index in [0.29, 0.717) is 6.54 Å². The second-order valence-electron chi connectivity index (χ2n) is 5.57. The lowest BCUT2D eigenvalue weighted by Crippen LogP contribution is -2.31. The molecule has 0 aliphatic carbocycles. The summed E-state index contributed by atoms with van der Waals surface area (Å²) in [5, 5.41) is 8.35. The Bertz CT molecular complexity index is 856. The lowest BCUT2D eigenvalue weighted by molar-refractivity contribution is -0.124. The molecule has 1 N–H and O–H groups in total. The molecule has 5 heteroatoms. The molecule has 0 spiro atoms. The van der Waals surface area contributed by atoms with Gasteiger partial charge in [0.1, 0.15) is 11.9 Å². The largest absolute Gasteiger partial charge is 0.350 e. The molecule has 23 heavy (non-hydrogen) atoms. The average molecular weight is 311 g/mol. The van der Waals surface area contributed by atoms with Crippen molar-refractivity contribution >= 4 is 16.8 Å². The Hall–Kier alpha value is -2.69. The SMILES string of the molecule is Cc1nn(C(C)C(=O)NCc2cccc(F)c2)c2ccccc12. The summed E-state index contributed by atoms with van der Waals surface area (Å²) in [7, 11) is 0. The normalized spacial score (nSPS) is 12.3. The number of amides is 1. The standard InChI is InChI=1S/C18H18FN3O/c1-12-16-8-3-4-9-17(16)22(21-12)13(2)18(23)20-11-14-6-5-7-15(19)10-14/h3-10,13H,11H2,1-2H3,(H,20,23). The van der Waals surface area contributed by atoms with Crippen LogP contribution in [0.15, 0.2) is 48.5 Å². The first kappa shape index (κ1) is 15.2. The molecule has 1 heterocycles. The monoisotopic (exact) mass is 311 g/mol. The number of rotatable bonds is 4. The summed E-state index contributed by atoms with van der Waals surface area (Å²) in [5.74, 6) is -0.457. The lowest BCUT2D eigenvalue weighted by atomic mass is 10.2. The zero-order chi connectivity index (χ0) is 16.4.